The third-order valence-electron chi connectivity index (χ3n) is 10.8. The van der Waals surface area contributed by atoms with Gasteiger partial charge in [-0.3, -0.25) is 0 Å². The minimum Gasteiger partial charge on any atom is -0.393 e. The molecule has 14 atom stereocenters. The van der Waals surface area contributed by atoms with Crippen LogP contribution in [-0.2, 0) is 9.47 Å². The Hall–Kier alpha value is -0.160. The molecule has 2 heterocycles. The zero-order valence-electron chi connectivity index (χ0n) is 13.9. The number of ether oxygens (including phenoxy) is 2. The van der Waals surface area contributed by atoms with Crippen molar-refractivity contribution in [3.8, 4) is 0 Å². The van der Waals surface area contributed by atoms with E-state index in [9.17, 15) is 10.2 Å². The fraction of sp³-hybridized carbons (Fsp3) is 1.00. The first-order valence-electron chi connectivity index (χ1n) is 10.3. The number of fused-ring (bicyclic) bond motifs is 4. The molecule has 0 amide bonds. The highest BCUT2D eigenvalue weighted by molar-refractivity contribution is 5.36. The lowest BCUT2D eigenvalue weighted by molar-refractivity contribution is -0.147. The summed E-state index contributed by atoms with van der Waals surface area (Å²) in [6, 6.07) is 0. The molecule has 0 radical (unpaired) electrons. The number of rotatable bonds is 2. The molecule has 0 bridgehead atoms. The first-order valence-corrected chi connectivity index (χ1v) is 10.3. The van der Waals surface area contributed by atoms with Gasteiger partial charge in [0.25, 0.3) is 0 Å². The van der Waals surface area contributed by atoms with E-state index in [0.29, 0.717) is 71.4 Å². The molecule has 2 saturated heterocycles. The molecular formula is C20H26O4. The second-order valence-corrected chi connectivity index (χ2v) is 10.4. The molecule has 8 rings (SSSR count). The molecule has 8 fully saturated rings. The fourth-order valence-electron chi connectivity index (χ4n) is 11.1. The standard InChI is InChI=1S/C20H26O4/c21-5-19-15-7-1-3-9-11(7)17-13(15)14-16(20(17,6-22)23-9)8-2-4-10(24-19)12(8)18(14)19/h7-18,21-22H,1-6H2/t7-,8+,9-,10+,11-,12+,13-,14-,15-,16+,17-,18-,19-,20+/m1/s1. The van der Waals surface area contributed by atoms with Crippen molar-refractivity contribution in [3.05, 3.63) is 0 Å². The molecule has 0 aromatic heterocycles. The van der Waals surface area contributed by atoms with Crippen LogP contribution < -0.4 is 0 Å². The van der Waals surface area contributed by atoms with Crippen molar-refractivity contribution < 1.29 is 19.7 Å². The Morgan fingerprint density at radius 1 is 0.625 bits per heavy atom. The summed E-state index contributed by atoms with van der Waals surface area (Å²) in [7, 11) is 0. The van der Waals surface area contributed by atoms with Crippen LogP contribution in [0.4, 0.5) is 0 Å². The maximum Gasteiger partial charge on any atom is 0.0983 e. The van der Waals surface area contributed by atoms with E-state index in [1.807, 2.05) is 0 Å². The molecular weight excluding hydrogens is 304 g/mol. The number of hydrogen-bond acceptors (Lipinski definition) is 4. The van der Waals surface area contributed by atoms with E-state index in [2.05, 4.69) is 0 Å². The number of hydrogen-bond donors (Lipinski definition) is 2. The van der Waals surface area contributed by atoms with Crippen molar-refractivity contribution >= 4 is 0 Å². The Labute approximate surface area is 141 Å². The summed E-state index contributed by atoms with van der Waals surface area (Å²) in [5.74, 6) is 6.15. The van der Waals surface area contributed by atoms with E-state index in [4.69, 9.17) is 9.47 Å². The monoisotopic (exact) mass is 330 g/mol. The van der Waals surface area contributed by atoms with Gasteiger partial charge < -0.3 is 19.7 Å². The lowest BCUT2D eigenvalue weighted by atomic mass is 9.72. The first-order chi connectivity index (χ1) is 11.8. The van der Waals surface area contributed by atoms with E-state index in [-0.39, 0.29) is 24.4 Å². The van der Waals surface area contributed by atoms with Gasteiger partial charge in [-0.15, -0.1) is 0 Å². The number of aliphatic hydroxyl groups excluding tert-OH is 2. The van der Waals surface area contributed by atoms with Crippen LogP contribution in [0.15, 0.2) is 0 Å². The smallest absolute Gasteiger partial charge is 0.0983 e. The van der Waals surface area contributed by atoms with E-state index < -0.39 is 0 Å². The van der Waals surface area contributed by atoms with Gasteiger partial charge >= 0.3 is 0 Å². The topological polar surface area (TPSA) is 58.9 Å². The Morgan fingerprint density at radius 2 is 1.08 bits per heavy atom. The van der Waals surface area contributed by atoms with Gasteiger partial charge in [-0.2, -0.15) is 0 Å². The molecule has 0 unspecified atom stereocenters. The molecule has 4 nitrogen and oxygen atoms in total. The Morgan fingerprint density at radius 3 is 1.50 bits per heavy atom. The molecule has 6 saturated carbocycles. The highest BCUT2D eigenvalue weighted by Gasteiger charge is 2.89. The van der Waals surface area contributed by atoms with E-state index in [0.717, 1.165) is 12.8 Å². The van der Waals surface area contributed by atoms with Gasteiger partial charge in [0.15, 0.2) is 0 Å². The molecule has 6 aliphatic carbocycles. The highest BCUT2D eigenvalue weighted by Crippen LogP contribution is 2.86. The van der Waals surface area contributed by atoms with Gasteiger partial charge in [0.05, 0.1) is 36.6 Å². The third-order valence-corrected chi connectivity index (χ3v) is 10.8. The summed E-state index contributed by atoms with van der Waals surface area (Å²) in [6.07, 6.45) is 5.59. The fourth-order valence-corrected chi connectivity index (χ4v) is 11.1. The second kappa shape index (κ2) is 3.49. The predicted octanol–water partition coefficient (Wildman–Crippen LogP) is 1.05. The van der Waals surface area contributed by atoms with Crippen LogP contribution in [-0.4, -0.2) is 46.8 Å². The Balaban J connectivity index is 1.44. The molecule has 8 aliphatic rings. The Bertz CT molecular complexity index is 610. The van der Waals surface area contributed by atoms with E-state index in [1.165, 1.54) is 12.8 Å². The summed E-state index contributed by atoms with van der Waals surface area (Å²) < 4.78 is 13.6. The molecule has 130 valence electrons. The molecule has 2 aliphatic heterocycles. The van der Waals surface area contributed by atoms with Crippen molar-refractivity contribution in [1.82, 2.24) is 0 Å². The van der Waals surface area contributed by atoms with Gasteiger partial charge in [0.1, 0.15) is 0 Å². The largest absolute Gasteiger partial charge is 0.393 e. The van der Waals surface area contributed by atoms with Crippen LogP contribution in [0.5, 0.6) is 0 Å². The zero-order valence-corrected chi connectivity index (χ0v) is 13.9. The minimum absolute atomic E-state index is 0.232. The maximum absolute atomic E-state index is 10.6. The highest BCUT2D eigenvalue weighted by atomic mass is 16.5. The van der Waals surface area contributed by atoms with Crippen LogP contribution >= 0.6 is 0 Å². The third kappa shape index (κ3) is 0.915. The van der Waals surface area contributed by atoms with Crippen molar-refractivity contribution in [2.24, 2.45) is 59.2 Å². The average Bonchev–Trinajstić information content (AvgIpc) is 3.36. The summed E-state index contributed by atoms with van der Waals surface area (Å²) in [5.41, 5.74) is -0.465. The second-order valence-electron chi connectivity index (χ2n) is 10.4. The zero-order chi connectivity index (χ0) is 15.6. The van der Waals surface area contributed by atoms with Crippen LogP contribution in [0.1, 0.15) is 25.7 Å². The van der Waals surface area contributed by atoms with Gasteiger partial charge in [-0.1, -0.05) is 0 Å². The Kier molecular flexibility index (Phi) is 1.90. The lowest BCUT2D eigenvalue weighted by Gasteiger charge is -2.38. The van der Waals surface area contributed by atoms with Crippen molar-refractivity contribution in [1.29, 1.82) is 0 Å². The molecule has 0 aromatic carbocycles. The van der Waals surface area contributed by atoms with E-state index >= 15 is 0 Å². The van der Waals surface area contributed by atoms with Gasteiger partial charge in [-0.25, -0.2) is 0 Å². The van der Waals surface area contributed by atoms with Crippen molar-refractivity contribution in [3.63, 3.8) is 0 Å². The summed E-state index contributed by atoms with van der Waals surface area (Å²) in [5, 5.41) is 21.2. The number of aliphatic hydroxyl groups is 2. The van der Waals surface area contributed by atoms with Crippen LogP contribution in [0.2, 0.25) is 0 Å². The van der Waals surface area contributed by atoms with E-state index in [1.54, 1.807) is 0 Å². The van der Waals surface area contributed by atoms with Gasteiger partial charge in [0.2, 0.25) is 0 Å². The average molecular weight is 330 g/mol. The lowest BCUT2D eigenvalue weighted by Crippen LogP contribution is -2.48. The van der Waals surface area contributed by atoms with Gasteiger partial charge in [0, 0.05) is 0 Å². The molecule has 4 heteroatoms. The molecule has 2 N–H and O–H groups in total. The SMILES string of the molecule is OC[C@]12O[C@H]3CC[C@H]4[C@@H]3[C@@H]1[C@@H]1[C@H]3[C@H]5[C@@H]6[C@@H](CC[C@H]6O[C@@]5(CO)[C@@H]41)[C@H]32. The quantitative estimate of drug-likeness (QED) is 0.795. The molecule has 0 aromatic rings. The summed E-state index contributed by atoms with van der Waals surface area (Å²) >= 11 is 0. The van der Waals surface area contributed by atoms with Crippen LogP contribution in [0.25, 0.3) is 0 Å². The predicted molar refractivity (Wildman–Crippen MR) is 82.7 cm³/mol. The van der Waals surface area contributed by atoms with Crippen LogP contribution in [0, 0.1) is 59.2 Å². The molecule has 24 heavy (non-hydrogen) atoms. The van der Waals surface area contributed by atoms with Crippen molar-refractivity contribution in [2.75, 3.05) is 13.2 Å². The van der Waals surface area contributed by atoms with Crippen LogP contribution in [0.3, 0.4) is 0 Å². The summed E-state index contributed by atoms with van der Waals surface area (Å²) in [4.78, 5) is 0. The maximum atomic E-state index is 10.6. The summed E-state index contributed by atoms with van der Waals surface area (Å²) in [6.45, 7) is 0.463. The van der Waals surface area contributed by atoms with Crippen molar-refractivity contribution in [2.45, 2.75) is 49.1 Å². The normalized spacial score (nSPS) is 77.2. The van der Waals surface area contributed by atoms with Gasteiger partial charge in [-0.05, 0) is 84.9 Å². The minimum atomic E-state index is -0.233. The first kappa shape index (κ1) is 13.1. The molecule has 0 spiro atoms.